The Kier molecular flexibility index (Phi) is 3.77. The van der Waals surface area contributed by atoms with Crippen LogP contribution in [-0.4, -0.2) is 20.1 Å². The number of aliphatic hydroxyl groups is 1. The first-order valence-electron chi connectivity index (χ1n) is 6.32. The molecule has 18 heavy (non-hydrogen) atoms. The summed E-state index contributed by atoms with van der Waals surface area (Å²) in [5, 5.41) is 17.3. The molecule has 0 amide bonds. The van der Waals surface area contributed by atoms with Gasteiger partial charge in [0.15, 0.2) is 0 Å². The summed E-state index contributed by atoms with van der Waals surface area (Å²) in [5.41, 5.74) is 3.92. The minimum atomic E-state index is -0.0623. The summed E-state index contributed by atoms with van der Waals surface area (Å²) >= 11 is 0. The van der Waals surface area contributed by atoms with E-state index in [9.17, 15) is 5.11 Å². The summed E-state index contributed by atoms with van der Waals surface area (Å²) in [7, 11) is 0. The number of rotatable bonds is 4. The molecule has 0 atom stereocenters. The summed E-state index contributed by atoms with van der Waals surface area (Å²) < 4.78 is 1.80. The third-order valence-corrected chi connectivity index (χ3v) is 3.13. The summed E-state index contributed by atoms with van der Waals surface area (Å²) in [4.78, 5) is 0. The third-order valence-electron chi connectivity index (χ3n) is 3.13. The fourth-order valence-electron chi connectivity index (χ4n) is 2.02. The normalized spacial score (nSPS) is 11.2. The first-order chi connectivity index (χ1) is 8.67. The molecule has 0 unspecified atom stereocenters. The molecule has 0 fully saturated rings. The molecule has 4 heteroatoms. The summed E-state index contributed by atoms with van der Waals surface area (Å²) in [6.45, 7) is 6.32. The van der Waals surface area contributed by atoms with Gasteiger partial charge in [-0.25, -0.2) is 4.68 Å². The van der Waals surface area contributed by atoms with Crippen LogP contribution in [0.25, 0.3) is 5.69 Å². The Morgan fingerprint density at radius 2 is 1.89 bits per heavy atom. The molecule has 0 saturated carbocycles. The van der Waals surface area contributed by atoms with Crippen molar-refractivity contribution in [2.45, 2.75) is 39.7 Å². The lowest BCUT2D eigenvalue weighted by Crippen LogP contribution is -2.03. The van der Waals surface area contributed by atoms with Gasteiger partial charge >= 0.3 is 0 Å². The largest absolute Gasteiger partial charge is 0.390 e. The molecule has 0 spiro atoms. The molecule has 4 nitrogen and oxygen atoms in total. The van der Waals surface area contributed by atoms with Gasteiger partial charge in [0.25, 0.3) is 0 Å². The van der Waals surface area contributed by atoms with Crippen LogP contribution in [0.5, 0.6) is 0 Å². The van der Waals surface area contributed by atoms with Gasteiger partial charge in [0.1, 0.15) is 5.69 Å². The molecule has 0 radical (unpaired) electrons. The smallest absolute Gasteiger partial charge is 0.112 e. The highest BCUT2D eigenvalue weighted by molar-refractivity contribution is 5.36. The molecule has 2 aromatic rings. The zero-order valence-electron chi connectivity index (χ0n) is 11.1. The number of aromatic nitrogens is 3. The van der Waals surface area contributed by atoms with Gasteiger partial charge in [0.2, 0.25) is 0 Å². The fraction of sp³-hybridized carbons (Fsp3) is 0.429. The molecule has 1 N–H and O–H groups in total. The van der Waals surface area contributed by atoms with Crippen LogP contribution >= 0.6 is 0 Å². The molecule has 0 aliphatic heterocycles. The van der Waals surface area contributed by atoms with Crippen LogP contribution in [0, 0.1) is 0 Å². The maximum atomic E-state index is 9.21. The lowest BCUT2D eigenvalue weighted by Gasteiger charge is -2.08. The van der Waals surface area contributed by atoms with E-state index in [1.165, 1.54) is 5.56 Å². The second-order valence-electron chi connectivity index (χ2n) is 4.65. The molecule has 2 rings (SSSR count). The Balaban J connectivity index is 2.39. The molecule has 0 saturated heterocycles. The van der Waals surface area contributed by atoms with Crippen molar-refractivity contribution >= 4 is 0 Å². The van der Waals surface area contributed by atoms with Gasteiger partial charge in [0, 0.05) is 0 Å². The fourth-order valence-corrected chi connectivity index (χ4v) is 2.02. The van der Waals surface area contributed by atoms with Crippen molar-refractivity contribution in [1.82, 2.24) is 15.0 Å². The van der Waals surface area contributed by atoms with Gasteiger partial charge < -0.3 is 5.11 Å². The quantitative estimate of drug-likeness (QED) is 0.900. The van der Waals surface area contributed by atoms with Gasteiger partial charge in [0.05, 0.1) is 18.0 Å². The van der Waals surface area contributed by atoms with Crippen LogP contribution < -0.4 is 0 Å². The van der Waals surface area contributed by atoms with Crippen LogP contribution in [0.4, 0.5) is 0 Å². The average Bonchev–Trinajstić information content (AvgIpc) is 2.81. The highest BCUT2D eigenvalue weighted by Gasteiger charge is 2.11. The molecule has 1 aromatic heterocycles. The average molecular weight is 245 g/mol. The second-order valence-corrected chi connectivity index (χ2v) is 4.65. The number of hydrogen-bond donors (Lipinski definition) is 1. The number of benzene rings is 1. The second kappa shape index (κ2) is 5.31. The first kappa shape index (κ1) is 12.8. The van der Waals surface area contributed by atoms with E-state index >= 15 is 0 Å². The van der Waals surface area contributed by atoms with E-state index in [4.69, 9.17) is 0 Å². The first-order valence-corrected chi connectivity index (χ1v) is 6.32. The molecule has 1 aromatic carbocycles. The molecular weight excluding hydrogens is 226 g/mol. The Hall–Kier alpha value is -1.68. The van der Waals surface area contributed by atoms with Crippen LogP contribution in [0.1, 0.15) is 43.6 Å². The van der Waals surface area contributed by atoms with Crippen molar-refractivity contribution in [3.05, 3.63) is 41.2 Å². The minimum Gasteiger partial charge on any atom is -0.390 e. The van der Waals surface area contributed by atoms with Crippen molar-refractivity contribution in [3.8, 4) is 5.69 Å². The third kappa shape index (κ3) is 2.29. The van der Waals surface area contributed by atoms with Crippen molar-refractivity contribution < 1.29 is 5.11 Å². The standard InChI is InChI=1S/C14H19N3O/c1-4-14-13(9-18)15-16-17(14)12-7-5-11(6-8-12)10(2)3/h5-8,10,18H,4,9H2,1-3H3. The van der Waals surface area contributed by atoms with Crippen LogP contribution in [0.15, 0.2) is 24.3 Å². The van der Waals surface area contributed by atoms with Crippen molar-refractivity contribution in [2.24, 2.45) is 0 Å². The zero-order chi connectivity index (χ0) is 13.1. The highest BCUT2D eigenvalue weighted by Crippen LogP contribution is 2.18. The van der Waals surface area contributed by atoms with E-state index in [1.807, 2.05) is 19.1 Å². The Morgan fingerprint density at radius 3 is 2.39 bits per heavy atom. The van der Waals surface area contributed by atoms with E-state index in [0.29, 0.717) is 11.6 Å². The lowest BCUT2D eigenvalue weighted by atomic mass is 10.0. The monoisotopic (exact) mass is 245 g/mol. The predicted molar refractivity (Wildman–Crippen MR) is 70.7 cm³/mol. The minimum absolute atomic E-state index is 0.0623. The predicted octanol–water partition coefficient (Wildman–Crippen LogP) is 2.45. The van der Waals surface area contributed by atoms with Crippen LogP contribution in [-0.2, 0) is 13.0 Å². The van der Waals surface area contributed by atoms with Crippen molar-refractivity contribution in [3.63, 3.8) is 0 Å². The van der Waals surface area contributed by atoms with E-state index in [2.05, 4.69) is 36.3 Å². The lowest BCUT2D eigenvalue weighted by molar-refractivity contribution is 0.275. The van der Waals surface area contributed by atoms with E-state index in [1.54, 1.807) is 4.68 Å². The molecule has 0 aliphatic rings. The highest BCUT2D eigenvalue weighted by atomic mass is 16.3. The Morgan fingerprint density at radius 1 is 1.22 bits per heavy atom. The van der Waals surface area contributed by atoms with E-state index in [-0.39, 0.29) is 6.61 Å². The van der Waals surface area contributed by atoms with Gasteiger partial charge in [-0.2, -0.15) is 0 Å². The van der Waals surface area contributed by atoms with Gasteiger partial charge in [-0.1, -0.05) is 38.1 Å². The molecule has 0 aliphatic carbocycles. The maximum absolute atomic E-state index is 9.21. The Bertz CT molecular complexity index is 514. The molecule has 0 bridgehead atoms. The van der Waals surface area contributed by atoms with Crippen LogP contribution in [0.3, 0.4) is 0 Å². The molecule has 1 heterocycles. The molecular formula is C14H19N3O. The maximum Gasteiger partial charge on any atom is 0.112 e. The number of nitrogens with zero attached hydrogens (tertiary/aromatic N) is 3. The van der Waals surface area contributed by atoms with Gasteiger partial charge in [-0.05, 0) is 30.0 Å². The Labute approximate surface area is 107 Å². The van der Waals surface area contributed by atoms with Crippen molar-refractivity contribution in [2.75, 3.05) is 0 Å². The summed E-state index contributed by atoms with van der Waals surface area (Å²) in [6.07, 6.45) is 0.800. The van der Waals surface area contributed by atoms with Crippen LogP contribution in [0.2, 0.25) is 0 Å². The van der Waals surface area contributed by atoms with Gasteiger partial charge in [-0.15, -0.1) is 5.10 Å². The SMILES string of the molecule is CCc1c(CO)nnn1-c1ccc(C(C)C)cc1. The van der Waals surface area contributed by atoms with E-state index < -0.39 is 0 Å². The van der Waals surface area contributed by atoms with Crippen molar-refractivity contribution in [1.29, 1.82) is 0 Å². The zero-order valence-corrected chi connectivity index (χ0v) is 11.1. The topological polar surface area (TPSA) is 50.9 Å². The number of aliphatic hydroxyl groups excluding tert-OH is 1. The number of hydrogen-bond acceptors (Lipinski definition) is 3. The summed E-state index contributed by atoms with van der Waals surface area (Å²) in [5.74, 6) is 0.522. The van der Waals surface area contributed by atoms with E-state index in [0.717, 1.165) is 17.8 Å². The van der Waals surface area contributed by atoms with Gasteiger partial charge in [-0.3, -0.25) is 0 Å². The summed E-state index contributed by atoms with van der Waals surface area (Å²) in [6, 6.07) is 8.31. The molecule has 96 valence electrons.